The fourth-order valence-electron chi connectivity index (χ4n) is 3.84. The Morgan fingerprint density at radius 3 is 2.61 bits per heavy atom. The van der Waals surface area contributed by atoms with E-state index in [0.29, 0.717) is 36.8 Å². The van der Waals surface area contributed by atoms with Crippen molar-refractivity contribution >= 4 is 39.6 Å². The van der Waals surface area contributed by atoms with Crippen molar-refractivity contribution in [3.05, 3.63) is 32.9 Å². The van der Waals surface area contributed by atoms with Crippen molar-refractivity contribution in [2.45, 2.75) is 57.0 Å². The Balaban J connectivity index is 1.66. The van der Waals surface area contributed by atoms with E-state index in [4.69, 9.17) is 23.3 Å². The van der Waals surface area contributed by atoms with E-state index in [1.165, 1.54) is 0 Å². The molecule has 0 radical (unpaired) electrons. The summed E-state index contributed by atoms with van der Waals surface area (Å²) in [5.41, 5.74) is -2.03. The highest BCUT2D eigenvalue weighted by molar-refractivity contribution is 9.09. The standard InChI is InChI=1S/C20H31Br2FN3O9P/c1-20(2)31-11-13(35-20)3-8-32-36(30,25(6-4-21)7-5-22)33-12-16-15(27)9-17(34-16)26-10-14(23)18(28)24-19(26)29/h10,13,15-17,27H,3-9,11-12H2,1-2H3,(H,24,28,29)/t13?,15-,16+,17+,36?/m0/s1. The number of aromatic amines is 1. The lowest BCUT2D eigenvalue weighted by molar-refractivity contribution is -0.139. The number of hydrogen-bond donors (Lipinski definition) is 2. The van der Waals surface area contributed by atoms with Gasteiger partial charge in [0.1, 0.15) is 12.3 Å². The van der Waals surface area contributed by atoms with Crippen LogP contribution in [0.3, 0.4) is 0 Å². The molecule has 1 aromatic rings. The topological polar surface area (TPSA) is 142 Å². The summed E-state index contributed by atoms with van der Waals surface area (Å²) in [6, 6.07) is 0. The summed E-state index contributed by atoms with van der Waals surface area (Å²) < 4.78 is 58.5. The van der Waals surface area contributed by atoms with E-state index in [1.807, 2.05) is 18.8 Å². The summed E-state index contributed by atoms with van der Waals surface area (Å²) in [6.07, 6.45) is -2.25. The predicted octanol–water partition coefficient (Wildman–Crippen LogP) is 2.10. The van der Waals surface area contributed by atoms with E-state index < -0.39 is 49.0 Å². The van der Waals surface area contributed by atoms with E-state index in [9.17, 15) is 23.7 Å². The maximum Gasteiger partial charge on any atom is 0.408 e. The molecule has 16 heteroatoms. The molecule has 0 spiro atoms. The third-order valence-corrected chi connectivity index (χ3v) is 8.42. The SMILES string of the molecule is CC1(C)OCC(CCOP(=O)(OC[C@H]2O[C@@H](n3cc(F)c(=O)[nH]c3=O)C[C@@H]2O)N(CCBr)CCBr)O1. The van der Waals surface area contributed by atoms with Gasteiger partial charge in [0.2, 0.25) is 5.82 Å². The Labute approximate surface area is 224 Å². The van der Waals surface area contributed by atoms with E-state index in [2.05, 4.69) is 31.9 Å². The molecular formula is C20H31Br2FN3O9P. The van der Waals surface area contributed by atoms with E-state index in [-0.39, 0.29) is 25.7 Å². The van der Waals surface area contributed by atoms with Crippen LogP contribution in [0.5, 0.6) is 0 Å². The zero-order valence-electron chi connectivity index (χ0n) is 19.9. The Morgan fingerprint density at radius 2 is 2.00 bits per heavy atom. The number of H-pyrrole nitrogens is 1. The summed E-state index contributed by atoms with van der Waals surface area (Å²) in [7, 11) is -3.84. The van der Waals surface area contributed by atoms with Gasteiger partial charge in [0.25, 0.3) is 5.56 Å². The Hall–Kier alpha value is -0.480. The van der Waals surface area contributed by atoms with Gasteiger partial charge in [-0.25, -0.2) is 14.0 Å². The lowest BCUT2D eigenvalue weighted by Crippen LogP contribution is -2.34. The van der Waals surface area contributed by atoms with E-state index >= 15 is 0 Å². The van der Waals surface area contributed by atoms with Crippen LogP contribution in [0.15, 0.2) is 15.8 Å². The first kappa shape index (κ1) is 30.1. The molecular weight excluding hydrogens is 636 g/mol. The molecule has 0 bridgehead atoms. The second kappa shape index (κ2) is 13.0. The van der Waals surface area contributed by atoms with Crippen LogP contribution in [-0.2, 0) is 27.8 Å². The van der Waals surface area contributed by atoms with Crippen molar-refractivity contribution in [2.24, 2.45) is 0 Å². The fourth-order valence-corrected chi connectivity index (χ4v) is 7.00. The highest BCUT2D eigenvalue weighted by Crippen LogP contribution is 2.52. The van der Waals surface area contributed by atoms with Gasteiger partial charge < -0.3 is 19.3 Å². The van der Waals surface area contributed by atoms with E-state index in [0.717, 1.165) is 10.8 Å². The van der Waals surface area contributed by atoms with Crippen LogP contribution in [0.1, 0.15) is 32.9 Å². The lowest BCUT2D eigenvalue weighted by Gasteiger charge is -2.30. The van der Waals surface area contributed by atoms with Crippen molar-refractivity contribution < 1.29 is 37.3 Å². The molecule has 2 N–H and O–H groups in total. The number of nitrogens with zero attached hydrogens (tertiary/aromatic N) is 2. The van der Waals surface area contributed by atoms with Crippen molar-refractivity contribution in [2.75, 3.05) is 43.6 Å². The number of hydrogen-bond acceptors (Lipinski definition) is 9. The second-order valence-electron chi connectivity index (χ2n) is 8.74. The molecule has 3 heterocycles. The van der Waals surface area contributed by atoms with Crippen molar-refractivity contribution in [3.8, 4) is 0 Å². The number of aliphatic hydroxyl groups excluding tert-OH is 1. The first-order valence-corrected chi connectivity index (χ1v) is 15.1. The maximum absolute atomic E-state index is 13.8. The number of alkyl halides is 2. The normalized spacial score (nSPS) is 27.5. The molecule has 0 aliphatic carbocycles. The van der Waals surface area contributed by atoms with Crippen LogP contribution in [0.25, 0.3) is 0 Å². The highest BCUT2D eigenvalue weighted by Gasteiger charge is 2.40. The molecule has 206 valence electrons. The third kappa shape index (κ3) is 7.78. The Bertz CT molecular complexity index is 1040. The van der Waals surface area contributed by atoms with Crippen molar-refractivity contribution in [1.29, 1.82) is 0 Å². The number of rotatable bonds is 13. The molecule has 0 aromatic carbocycles. The largest absolute Gasteiger partial charge is 0.408 e. The predicted molar refractivity (Wildman–Crippen MR) is 134 cm³/mol. The van der Waals surface area contributed by atoms with Gasteiger partial charge >= 0.3 is 13.4 Å². The molecule has 2 unspecified atom stereocenters. The van der Waals surface area contributed by atoms with E-state index in [1.54, 1.807) is 4.67 Å². The molecule has 2 fully saturated rings. The average Bonchev–Trinajstić information content (AvgIpc) is 3.35. The fraction of sp³-hybridized carbons (Fsp3) is 0.800. The third-order valence-electron chi connectivity index (χ3n) is 5.63. The first-order valence-electron chi connectivity index (χ1n) is 11.4. The van der Waals surface area contributed by atoms with Crippen LogP contribution in [0.2, 0.25) is 0 Å². The molecule has 12 nitrogen and oxygen atoms in total. The van der Waals surface area contributed by atoms with Gasteiger partial charge in [-0.1, -0.05) is 31.9 Å². The molecule has 2 aliphatic heterocycles. The van der Waals surface area contributed by atoms with Crippen molar-refractivity contribution in [1.82, 2.24) is 14.2 Å². The molecule has 5 atom stereocenters. The first-order chi connectivity index (χ1) is 17.0. The van der Waals surface area contributed by atoms with Gasteiger partial charge in [0.15, 0.2) is 5.79 Å². The highest BCUT2D eigenvalue weighted by atomic mass is 79.9. The quantitative estimate of drug-likeness (QED) is 0.238. The molecule has 3 rings (SSSR count). The molecule has 2 aliphatic rings. The number of aromatic nitrogens is 2. The molecule has 0 saturated carbocycles. The van der Waals surface area contributed by atoms with Crippen LogP contribution in [0.4, 0.5) is 4.39 Å². The maximum atomic E-state index is 13.8. The molecule has 0 amide bonds. The minimum Gasteiger partial charge on any atom is -0.390 e. The number of nitrogens with one attached hydrogen (secondary N) is 1. The van der Waals surface area contributed by atoms with Crippen LogP contribution in [0, 0.1) is 5.82 Å². The second-order valence-corrected chi connectivity index (χ2v) is 12.3. The number of ether oxygens (including phenoxy) is 3. The minimum absolute atomic E-state index is 0.0636. The van der Waals surface area contributed by atoms with Crippen LogP contribution >= 0.6 is 39.6 Å². The Kier molecular flexibility index (Phi) is 10.9. The van der Waals surface area contributed by atoms with Gasteiger partial charge in [0.05, 0.1) is 38.2 Å². The monoisotopic (exact) mass is 665 g/mol. The molecule has 36 heavy (non-hydrogen) atoms. The summed E-state index contributed by atoms with van der Waals surface area (Å²) >= 11 is 6.69. The Morgan fingerprint density at radius 1 is 1.31 bits per heavy atom. The van der Waals surface area contributed by atoms with Gasteiger partial charge in [-0.05, 0) is 20.3 Å². The smallest absolute Gasteiger partial charge is 0.390 e. The van der Waals surface area contributed by atoms with Crippen LogP contribution < -0.4 is 11.2 Å². The molecule has 2 saturated heterocycles. The lowest BCUT2D eigenvalue weighted by atomic mass is 10.2. The zero-order valence-corrected chi connectivity index (χ0v) is 24.0. The summed E-state index contributed by atoms with van der Waals surface area (Å²) in [5.74, 6) is -1.85. The van der Waals surface area contributed by atoms with Crippen LogP contribution in [-0.4, -0.2) is 87.0 Å². The minimum atomic E-state index is -3.84. The summed E-state index contributed by atoms with van der Waals surface area (Å²) in [5, 5.41) is 11.5. The van der Waals surface area contributed by atoms with Gasteiger partial charge in [0, 0.05) is 30.2 Å². The van der Waals surface area contributed by atoms with Gasteiger partial charge in [-0.2, -0.15) is 4.39 Å². The number of aliphatic hydroxyl groups is 1. The molecule has 1 aromatic heterocycles. The van der Waals surface area contributed by atoms with Gasteiger partial charge in [-0.3, -0.25) is 23.4 Å². The van der Waals surface area contributed by atoms with Crippen molar-refractivity contribution in [3.63, 3.8) is 0 Å². The zero-order chi connectivity index (χ0) is 26.5. The summed E-state index contributed by atoms with van der Waals surface area (Å²) in [6.45, 7) is 4.50. The summed E-state index contributed by atoms with van der Waals surface area (Å²) in [4.78, 5) is 25.2. The van der Waals surface area contributed by atoms with Gasteiger partial charge in [-0.15, -0.1) is 0 Å². The number of halogens is 3. The average molecular weight is 667 g/mol.